The molecule has 1 aliphatic heterocycles. The molecule has 0 radical (unpaired) electrons. The van der Waals surface area contributed by atoms with Gasteiger partial charge in [-0.25, -0.2) is 0 Å². The Morgan fingerprint density at radius 1 is 1.18 bits per heavy atom. The number of hydrogen-bond donors (Lipinski definition) is 0. The van der Waals surface area contributed by atoms with Crippen LogP contribution in [0.1, 0.15) is 27.3 Å². The molecule has 1 aliphatic rings. The molecule has 3 aromatic heterocycles. The molecule has 1 aromatic carbocycles. The number of nitrogens with zero attached hydrogens (tertiary/aromatic N) is 3. The fourth-order valence-corrected chi connectivity index (χ4v) is 5.47. The molecular formula is C21H19N3O2S2. The number of thiophene rings is 2. The lowest BCUT2D eigenvalue weighted by atomic mass is 9.98. The van der Waals surface area contributed by atoms with Crippen molar-refractivity contribution in [3.63, 3.8) is 0 Å². The zero-order valence-electron chi connectivity index (χ0n) is 15.4. The van der Waals surface area contributed by atoms with E-state index in [-0.39, 0.29) is 6.04 Å². The SMILES string of the molecule is COc1cccc(-c2noc(CN3CCc4sccc4C3c3cccs3)n2)c1. The largest absolute Gasteiger partial charge is 0.497 e. The van der Waals surface area contributed by atoms with Gasteiger partial charge in [-0.2, -0.15) is 4.98 Å². The van der Waals surface area contributed by atoms with Crippen LogP contribution in [0.25, 0.3) is 11.4 Å². The van der Waals surface area contributed by atoms with E-state index < -0.39 is 0 Å². The number of fused-ring (bicyclic) bond motifs is 1. The zero-order chi connectivity index (χ0) is 18.9. The van der Waals surface area contributed by atoms with Gasteiger partial charge in [-0.15, -0.1) is 22.7 Å². The standard InChI is InChI=1S/C21H19N3O2S2/c1-25-15-5-2-4-14(12-15)21-22-19(26-23-21)13-24-9-7-17-16(8-11-28-17)20(24)18-6-3-10-27-18/h2-6,8,10-12,20H,7,9,13H2,1H3. The molecule has 7 heteroatoms. The molecule has 0 aliphatic carbocycles. The first-order chi connectivity index (χ1) is 13.8. The second kappa shape index (κ2) is 7.50. The number of aromatic nitrogens is 2. The van der Waals surface area contributed by atoms with Crippen molar-refractivity contribution in [3.05, 3.63) is 74.4 Å². The first-order valence-electron chi connectivity index (χ1n) is 9.12. The summed E-state index contributed by atoms with van der Waals surface area (Å²) in [5, 5.41) is 8.52. The summed E-state index contributed by atoms with van der Waals surface area (Å²) in [7, 11) is 1.65. The van der Waals surface area contributed by atoms with Crippen LogP contribution in [0, 0.1) is 0 Å². The first kappa shape index (κ1) is 17.6. The van der Waals surface area contributed by atoms with Crippen molar-refractivity contribution in [1.29, 1.82) is 0 Å². The summed E-state index contributed by atoms with van der Waals surface area (Å²) in [6.45, 7) is 1.61. The third-order valence-electron chi connectivity index (χ3n) is 5.01. The predicted octanol–water partition coefficient (Wildman–Crippen LogP) is 5.02. The smallest absolute Gasteiger partial charge is 0.241 e. The van der Waals surface area contributed by atoms with Gasteiger partial charge in [-0.3, -0.25) is 4.90 Å². The molecule has 4 heterocycles. The Bertz CT molecular complexity index is 1070. The maximum Gasteiger partial charge on any atom is 0.241 e. The van der Waals surface area contributed by atoms with Crippen LogP contribution >= 0.6 is 22.7 Å². The molecular weight excluding hydrogens is 390 g/mol. The highest BCUT2D eigenvalue weighted by atomic mass is 32.1. The normalized spacial score (nSPS) is 16.8. The van der Waals surface area contributed by atoms with Gasteiger partial charge in [0.2, 0.25) is 11.7 Å². The Morgan fingerprint density at radius 3 is 3.00 bits per heavy atom. The van der Waals surface area contributed by atoms with E-state index in [4.69, 9.17) is 9.26 Å². The van der Waals surface area contributed by atoms with E-state index in [1.54, 1.807) is 18.4 Å². The molecule has 1 unspecified atom stereocenters. The van der Waals surface area contributed by atoms with Crippen LogP contribution in [-0.2, 0) is 13.0 Å². The molecule has 1 atom stereocenters. The summed E-state index contributed by atoms with van der Waals surface area (Å²) in [5.74, 6) is 2.01. The van der Waals surface area contributed by atoms with E-state index in [0.717, 1.165) is 24.3 Å². The lowest BCUT2D eigenvalue weighted by Crippen LogP contribution is -2.34. The quantitative estimate of drug-likeness (QED) is 0.463. The van der Waals surface area contributed by atoms with Crippen LogP contribution < -0.4 is 4.74 Å². The second-order valence-corrected chi connectivity index (χ2v) is 8.66. The molecule has 5 nitrogen and oxygen atoms in total. The van der Waals surface area contributed by atoms with Gasteiger partial charge in [0.15, 0.2) is 0 Å². The number of rotatable bonds is 5. The summed E-state index contributed by atoms with van der Waals surface area (Å²) in [5.41, 5.74) is 2.30. The number of hydrogen-bond acceptors (Lipinski definition) is 7. The molecule has 5 rings (SSSR count). The highest BCUT2D eigenvalue weighted by Crippen LogP contribution is 2.40. The van der Waals surface area contributed by atoms with Gasteiger partial charge in [0.1, 0.15) is 5.75 Å². The average molecular weight is 410 g/mol. The molecule has 0 N–H and O–H groups in total. The molecule has 142 valence electrons. The Labute approximate surface area is 171 Å². The van der Waals surface area contributed by atoms with Gasteiger partial charge in [0.05, 0.1) is 19.7 Å². The summed E-state index contributed by atoms with van der Waals surface area (Å²) in [6.07, 6.45) is 1.06. The van der Waals surface area contributed by atoms with Crippen LogP contribution in [0.15, 0.2) is 57.7 Å². The van der Waals surface area contributed by atoms with Crippen LogP contribution in [-0.4, -0.2) is 28.7 Å². The number of ether oxygens (including phenoxy) is 1. The third kappa shape index (κ3) is 3.26. The van der Waals surface area contributed by atoms with Gasteiger partial charge < -0.3 is 9.26 Å². The van der Waals surface area contributed by atoms with Crippen molar-refractivity contribution in [2.45, 2.75) is 19.0 Å². The molecule has 0 saturated heterocycles. The van der Waals surface area contributed by atoms with Crippen molar-refractivity contribution >= 4 is 22.7 Å². The second-order valence-electron chi connectivity index (χ2n) is 6.68. The van der Waals surface area contributed by atoms with Crippen LogP contribution in [0.2, 0.25) is 0 Å². The molecule has 0 saturated carbocycles. The van der Waals surface area contributed by atoms with E-state index in [9.17, 15) is 0 Å². The maximum absolute atomic E-state index is 5.59. The highest BCUT2D eigenvalue weighted by molar-refractivity contribution is 7.10. The average Bonchev–Trinajstić information content (AvgIpc) is 3.49. The highest BCUT2D eigenvalue weighted by Gasteiger charge is 2.31. The minimum atomic E-state index is 0.252. The minimum Gasteiger partial charge on any atom is -0.497 e. The number of benzene rings is 1. The lowest BCUT2D eigenvalue weighted by Gasteiger charge is -2.34. The Kier molecular flexibility index (Phi) is 4.72. The van der Waals surface area contributed by atoms with E-state index in [0.29, 0.717) is 18.3 Å². The molecule has 28 heavy (non-hydrogen) atoms. The van der Waals surface area contributed by atoms with Gasteiger partial charge in [0.25, 0.3) is 0 Å². The van der Waals surface area contributed by atoms with Gasteiger partial charge in [-0.05, 0) is 47.0 Å². The Balaban J connectivity index is 1.42. The van der Waals surface area contributed by atoms with Crippen molar-refractivity contribution in [3.8, 4) is 17.1 Å². The lowest BCUT2D eigenvalue weighted by molar-refractivity contribution is 0.181. The van der Waals surface area contributed by atoms with Gasteiger partial charge in [0, 0.05) is 21.9 Å². The summed E-state index contributed by atoms with van der Waals surface area (Å²) < 4.78 is 10.9. The van der Waals surface area contributed by atoms with E-state index >= 15 is 0 Å². The maximum atomic E-state index is 5.59. The summed E-state index contributed by atoms with van der Waals surface area (Å²) in [6, 6.07) is 14.6. The van der Waals surface area contributed by atoms with Crippen LogP contribution in [0.5, 0.6) is 5.75 Å². The summed E-state index contributed by atoms with van der Waals surface area (Å²) >= 11 is 3.65. The third-order valence-corrected chi connectivity index (χ3v) is 6.93. The van der Waals surface area contributed by atoms with Crippen molar-refractivity contribution < 1.29 is 9.26 Å². The van der Waals surface area contributed by atoms with Crippen molar-refractivity contribution in [2.24, 2.45) is 0 Å². The first-order valence-corrected chi connectivity index (χ1v) is 10.9. The Hall–Kier alpha value is -2.48. The van der Waals surface area contributed by atoms with E-state index in [1.807, 2.05) is 35.6 Å². The molecule has 0 amide bonds. The minimum absolute atomic E-state index is 0.252. The van der Waals surface area contributed by atoms with E-state index in [2.05, 4.69) is 44.0 Å². The molecule has 0 bridgehead atoms. The van der Waals surface area contributed by atoms with Crippen molar-refractivity contribution in [1.82, 2.24) is 15.0 Å². The number of methoxy groups -OCH3 is 1. The fourth-order valence-electron chi connectivity index (χ4n) is 3.69. The van der Waals surface area contributed by atoms with Crippen molar-refractivity contribution in [2.75, 3.05) is 13.7 Å². The van der Waals surface area contributed by atoms with Crippen LogP contribution in [0.4, 0.5) is 0 Å². The molecule has 0 fully saturated rings. The topological polar surface area (TPSA) is 51.4 Å². The predicted molar refractivity (Wildman–Crippen MR) is 111 cm³/mol. The van der Waals surface area contributed by atoms with Gasteiger partial charge in [-0.1, -0.05) is 23.4 Å². The van der Waals surface area contributed by atoms with E-state index in [1.165, 1.54) is 15.3 Å². The fraction of sp³-hybridized carbons (Fsp3) is 0.238. The zero-order valence-corrected chi connectivity index (χ0v) is 17.0. The Morgan fingerprint density at radius 2 is 2.14 bits per heavy atom. The summed E-state index contributed by atoms with van der Waals surface area (Å²) in [4.78, 5) is 9.91. The monoisotopic (exact) mass is 409 g/mol. The van der Waals surface area contributed by atoms with Crippen LogP contribution in [0.3, 0.4) is 0 Å². The molecule has 4 aromatic rings. The molecule has 0 spiro atoms. The van der Waals surface area contributed by atoms with Gasteiger partial charge >= 0.3 is 0 Å².